The van der Waals surface area contributed by atoms with Gasteiger partial charge >= 0.3 is 5.97 Å². The summed E-state index contributed by atoms with van der Waals surface area (Å²) >= 11 is 5.84. The number of hydrogen-bond donors (Lipinski definition) is 3. The van der Waals surface area contributed by atoms with Crippen LogP contribution in [-0.4, -0.2) is 24.5 Å². The first kappa shape index (κ1) is 14.4. The SMILES string of the molecule is Cc1[nH]cc(NS(=O)(=O)c2ccccc2Cl)c1C(=O)O. The Hall–Kier alpha value is -1.99. The van der Waals surface area contributed by atoms with Crippen LogP contribution in [0.3, 0.4) is 0 Å². The molecule has 1 aromatic carbocycles. The molecular formula is C12H11ClN2O4S. The summed E-state index contributed by atoms with van der Waals surface area (Å²) in [5, 5.41) is 9.14. The van der Waals surface area contributed by atoms with Crippen LogP contribution in [0.4, 0.5) is 5.69 Å². The minimum atomic E-state index is -3.95. The molecule has 0 spiro atoms. The number of rotatable bonds is 4. The van der Waals surface area contributed by atoms with Crippen molar-refractivity contribution < 1.29 is 18.3 Å². The van der Waals surface area contributed by atoms with E-state index >= 15 is 0 Å². The number of H-pyrrole nitrogens is 1. The van der Waals surface area contributed by atoms with Crippen LogP contribution in [0.25, 0.3) is 0 Å². The number of carbonyl (C=O) groups is 1. The highest BCUT2D eigenvalue weighted by molar-refractivity contribution is 7.92. The number of sulfonamides is 1. The van der Waals surface area contributed by atoms with Crippen molar-refractivity contribution in [1.29, 1.82) is 0 Å². The van der Waals surface area contributed by atoms with Crippen LogP contribution in [-0.2, 0) is 10.0 Å². The second-order valence-electron chi connectivity index (χ2n) is 4.04. The van der Waals surface area contributed by atoms with Crippen LogP contribution in [0.15, 0.2) is 35.4 Å². The Morgan fingerprint density at radius 1 is 1.35 bits per heavy atom. The molecule has 0 aliphatic rings. The van der Waals surface area contributed by atoms with E-state index in [0.717, 1.165) is 0 Å². The molecule has 2 rings (SSSR count). The van der Waals surface area contributed by atoms with Gasteiger partial charge in [0.05, 0.1) is 10.7 Å². The number of benzene rings is 1. The van der Waals surface area contributed by atoms with Crippen molar-refractivity contribution in [1.82, 2.24) is 4.98 Å². The molecule has 106 valence electrons. The van der Waals surface area contributed by atoms with Crippen LogP contribution < -0.4 is 4.72 Å². The zero-order valence-electron chi connectivity index (χ0n) is 10.3. The summed E-state index contributed by atoms with van der Waals surface area (Å²) in [6.45, 7) is 1.54. The predicted octanol–water partition coefficient (Wildman–Crippen LogP) is 2.48. The Kier molecular flexibility index (Phi) is 3.74. The molecule has 0 radical (unpaired) electrons. The van der Waals surface area contributed by atoms with Crippen LogP contribution >= 0.6 is 11.6 Å². The number of nitrogens with one attached hydrogen (secondary N) is 2. The minimum Gasteiger partial charge on any atom is -0.478 e. The zero-order chi connectivity index (χ0) is 14.9. The summed E-state index contributed by atoms with van der Waals surface area (Å²) < 4.78 is 26.6. The summed E-state index contributed by atoms with van der Waals surface area (Å²) in [4.78, 5) is 13.7. The molecule has 1 heterocycles. The van der Waals surface area contributed by atoms with E-state index in [9.17, 15) is 13.2 Å². The van der Waals surface area contributed by atoms with Crippen molar-refractivity contribution in [2.24, 2.45) is 0 Å². The summed E-state index contributed by atoms with van der Waals surface area (Å²) in [6.07, 6.45) is 1.28. The van der Waals surface area contributed by atoms with Gasteiger partial charge in [0.15, 0.2) is 0 Å². The zero-order valence-corrected chi connectivity index (χ0v) is 11.9. The molecule has 0 saturated heterocycles. The van der Waals surface area contributed by atoms with Gasteiger partial charge in [0.1, 0.15) is 10.5 Å². The Bertz CT molecular complexity index is 768. The lowest BCUT2D eigenvalue weighted by Gasteiger charge is -2.09. The molecule has 0 unspecified atom stereocenters. The predicted molar refractivity (Wildman–Crippen MR) is 74.7 cm³/mol. The van der Waals surface area contributed by atoms with Crippen molar-refractivity contribution in [3.63, 3.8) is 0 Å². The van der Waals surface area contributed by atoms with Crippen molar-refractivity contribution in [3.05, 3.63) is 46.7 Å². The smallest absolute Gasteiger partial charge is 0.339 e. The second-order valence-corrected chi connectivity index (χ2v) is 6.10. The van der Waals surface area contributed by atoms with Crippen molar-refractivity contribution >= 4 is 33.3 Å². The molecule has 1 aromatic heterocycles. The quantitative estimate of drug-likeness (QED) is 0.807. The van der Waals surface area contributed by atoms with Gasteiger partial charge in [-0.2, -0.15) is 0 Å². The summed E-state index contributed by atoms with van der Waals surface area (Å²) in [7, 11) is -3.95. The first-order chi connectivity index (χ1) is 9.33. The van der Waals surface area contributed by atoms with Crippen molar-refractivity contribution in [2.75, 3.05) is 4.72 Å². The lowest BCUT2D eigenvalue weighted by Crippen LogP contribution is -2.15. The highest BCUT2D eigenvalue weighted by Gasteiger charge is 2.22. The normalized spacial score (nSPS) is 11.3. The average molecular weight is 315 g/mol. The van der Waals surface area contributed by atoms with Gasteiger partial charge in [0.2, 0.25) is 0 Å². The van der Waals surface area contributed by atoms with E-state index in [4.69, 9.17) is 16.7 Å². The fourth-order valence-electron chi connectivity index (χ4n) is 1.75. The van der Waals surface area contributed by atoms with Crippen LogP contribution in [0, 0.1) is 6.92 Å². The first-order valence-corrected chi connectivity index (χ1v) is 7.37. The molecule has 0 fully saturated rings. The standard InChI is InChI=1S/C12H11ClN2O4S/c1-7-11(12(16)17)9(6-14-7)15-20(18,19)10-5-3-2-4-8(10)13/h2-6,14-15H,1H3,(H,16,17). The third kappa shape index (κ3) is 2.63. The number of halogens is 1. The Morgan fingerprint density at radius 3 is 2.60 bits per heavy atom. The van der Waals surface area contributed by atoms with Gasteiger partial charge in [-0.05, 0) is 19.1 Å². The second kappa shape index (κ2) is 5.18. The molecule has 0 atom stereocenters. The van der Waals surface area contributed by atoms with Crippen LogP contribution in [0.2, 0.25) is 5.02 Å². The lowest BCUT2D eigenvalue weighted by molar-refractivity contribution is 0.0697. The van der Waals surface area contributed by atoms with Gasteiger partial charge in [-0.1, -0.05) is 23.7 Å². The van der Waals surface area contributed by atoms with E-state index in [1.54, 1.807) is 6.07 Å². The molecule has 2 aromatic rings. The largest absolute Gasteiger partial charge is 0.478 e. The lowest BCUT2D eigenvalue weighted by atomic mass is 10.2. The number of hydrogen-bond acceptors (Lipinski definition) is 3. The number of aromatic amines is 1. The van der Waals surface area contributed by atoms with Gasteiger partial charge in [0.25, 0.3) is 10.0 Å². The average Bonchev–Trinajstić information content (AvgIpc) is 2.70. The summed E-state index contributed by atoms with van der Waals surface area (Å²) in [6, 6.07) is 5.91. The van der Waals surface area contributed by atoms with Crippen molar-refractivity contribution in [2.45, 2.75) is 11.8 Å². The number of anilines is 1. The highest BCUT2D eigenvalue weighted by atomic mass is 35.5. The molecule has 8 heteroatoms. The topological polar surface area (TPSA) is 99.3 Å². The summed E-state index contributed by atoms with van der Waals surface area (Å²) in [5.74, 6) is -1.22. The first-order valence-electron chi connectivity index (χ1n) is 5.51. The molecule has 0 bridgehead atoms. The molecular weight excluding hydrogens is 304 g/mol. The molecule has 0 aliphatic carbocycles. The Morgan fingerprint density at radius 2 is 2.00 bits per heavy atom. The number of carboxylic acids is 1. The van der Waals surface area contributed by atoms with E-state index in [0.29, 0.717) is 5.69 Å². The van der Waals surface area contributed by atoms with Gasteiger partial charge in [0, 0.05) is 11.9 Å². The van der Waals surface area contributed by atoms with Gasteiger partial charge in [-0.25, -0.2) is 13.2 Å². The van der Waals surface area contributed by atoms with Crippen LogP contribution in [0.1, 0.15) is 16.1 Å². The van der Waals surface area contributed by atoms with E-state index in [1.807, 2.05) is 0 Å². The van der Waals surface area contributed by atoms with Gasteiger partial charge in [-0.15, -0.1) is 0 Å². The van der Waals surface area contributed by atoms with E-state index in [-0.39, 0.29) is 21.2 Å². The van der Waals surface area contributed by atoms with Gasteiger partial charge in [-0.3, -0.25) is 4.72 Å². The Balaban J connectivity index is 2.45. The number of aryl methyl sites for hydroxylation is 1. The molecule has 0 amide bonds. The van der Waals surface area contributed by atoms with E-state index in [1.165, 1.54) is 31.3 Å². The maximum Gasteiger partial charge on any atom is 0.339 e. The monoisotopic (exact) mass is 314 g/mol. The van der Waals surface area contributed by atoms with E-state index in [2.05, 4.69) is 9.71 Å². The van der Waals surface area contributed by atoms with Gasteiger partial charge < -0.3 is 10.1 Å². The molecule has 3 N–H and O–H groups in total. The van der Waals surface area contributed by atoms with Crippen molar-refractivity contribution in [3.8, 4) is 0 Å². The molecule has 0 aliphatic heterocycles. The molecule has 0 saturated carbocycles. The Labute approximate surface area is 120 Å². The number of carboxylic acid groups (broad SMARTS) is 1. The van der Waals surface area contributed by atoms with E-state index < -0.39 is 16.0 Å². The minimum absolute atomic E-state index is 0.0325. The third-order valence-corrected chi connectivity index (χ3v) is 4.53. The van der Waals surface area contributed by atoms with Crippen LogP contribution in [0.5, 0.6) is 0 Å². The maximum atomic E-state index is 12.2. The fraction of sp³-hybridized carbons (Fsp3) is 0.0833. The highest BCUT2D eigenvalue weighted by Crippen LogP contribution is 2.26. The fourth-order valence-corrected chi connectivity index (χ4v) is 3.33. The number of aromatic carboxylic acids is 1. The maximum absolute atomic E-state index is 12.2. The third-order valence-electron chi connectivity index (χ3n) is 2.66. The molecule has 6 nitrogen and oxygen atoms in total. The summed E-state index contributed by atoms with van der Waals surface area (Å²) in [5.41, 5.74) is 0.199. The molecule has 20 heavy (non-hydrogen) atoms. The number of aromatic nitrogens is 1.